The molecule has 36 heavy (non-hydrogen) atoms. The summed E-state index contributed by atoms with van der Waals surface area (Å²) < 4.78 is 6.96. The average Bonchev–Trinajstić information content (AvgIpc) is 3.36. The lowest BCUT2D eigenvalue weighted by atomic mass is 9.87. The number of amides is 1. The Morgan fingerprint density at radius 1 is 1.08 bits per heavy atom. The number of carbonyl (C=O) groups is 2. The van der Waals surface area contributed by atoms with E-state index in [9.17, 15) is 9.59 Å². The zero-order valence-electron chi connectivity index (χ0n) is 21.6. The van der Waals surface area contributed by atoms with E-state index in [1.807, 2.05) is 11.6 Å². The maximum Gasteiger partial charge on any atom is 0.341 e. The third-order valence-electron chi connectivity index (χ3n) is 6.49. The standard InChI is InChI=1S/C27H34N4O3S2/c1-27(2,3)18-14-12-17(13-15-18)23-29-30-26(31(23)4)35-16-21(32)28-24-22(25(33)34-5)19-10-8-6-7-9-11-20(19)36-24/h12-15H,6-11,16H2,1-5H3,(H,28,32). The van der Waals surface area contributed by atoms with Gasteiger partial charge in [-0.2, -0.15) is 0 Å². The van der Waals surface area contributed by atoms with Crippen molar-refractivity contribution in [3.8, 4) is 11.4 Å². The van der Waals surface area contributed by atoms with E-state index in [0.717, 1.165) is 49.1 Å². The Balaban J connectivity index is 1.45. The summed E-state index contributed by atoms with van der Waals surface area (Å²) in [5.74, 6) is 0.354. The quantitative estimate of drug-likeness (QED) is 0.312. The van der Waals surface area contributed by atoms with Gasteiger partial charge in [0, 0.05) is 17.5 Å². The molecule has 0 saturated carbocycles. The molecule has 2 heterocycles. The minimum absolute atomic E-state index is 0.0841. The number of ether oxygens (including phenoxy) is 1. The number of esters is 1. The van der Waals surface area contributed by atoms with Crippen LogP contribution in [0.15, 0.2) is 29.4 Å². The number of benzene rings is 1. The van der Waals surface area contributed by atoms with Crippen LogP contribution in [-0.2, 0) is 34.8 Å². The highest BCUT2D eigenvalue weighted by Gasteiger charge is 2.26. The van der Waals surface area contributed by atoms with Crippen molar-refractivity contribution in [3.05, 3.63) is 45.8 Å². The predicted molar refractivity (Wildman–Crippen MR) is 146 cm³/mol. The van der Waals surface area contributed by atoms with Crippen LogP contribution in [0.1, 0.15) is 72.8 Å². The van der Waals surface area contributed by atoms with Crippen molar-refractivity contribution < 1.29 is 14.3 Å². The first-order valence-electron chi connectivity index (χ1n) is 12.3. The predicted octanol–water partition coefficient (Wildman–Crippen LogP) is 6.02. The van der Waals surface area contributed by atoms with E-state index in [0.29, 0.717) is 15.7 Å². The summed E-state index contributed by atoms with van der Waals surface area (Å²) in [5, 5.41) is 12.9. The molecular weight excluding hydrogens is 492 g/mol. The number of fused-ring (bicyclic) bond motifs is 1. The van der Waals surface area contributed by atoms with Gasteiger partial charge in [0.25, 0.3) is 0 Å². The summed E-state index contributed by atoms with van der Waals surface area (Å²) in [6, 6.07) is 8.35. The van der Waals surface area contributed by atoms with Gasteiger partial charge in [0.05, 0.1) is 18.4 Å². The fraction of sp³-hybridized carbons (Fsp3) is 0.481. The summed E-state index contributed by atoms with van der Waals surface area (Å²) in [6.07, 6.45) is 6.29. The molecule has 1 aliphatic rings. The first kappa shape index (κ1) is 26.4. The van der Waals surface area contributed by atoms with Crippen LogP contribution in [-0.4, -0.2) is 39.5 Å². The summed E-state index contributed by atoms with van der Waals surface area (Å²) >= 11 is 2.83. The molecule has 9 heteroatoms. The molecule has 0 saturated heterocycles. The molecule has 1 amide bonds. The van der Waals surface area contributed by atoms with E-state index < -0.39 is 0 Å². The second-order valence-electron chi connectivity index (χ2n) is 10.1. The molecular formula is C27H34N4O3S2. The van der Waals surface area contributed by atoms with Crippen LogP contribution >= 0.6 is 23.1 Å². The van der Waals surface area contributed by atoms with Gasteiger partial charge in [-0.25, -0.2) is 4.79 Å². The van der Waals surface area contributed by atoms with Crippen LogP contribution in [0.5, 0.6) is 0 Å². The Morgan fingerprint density at radius 3 is 2.44 bits per heavy atom. The van der Waals surface area contributed by atoms with Crippen molar-refractivity contribution in [1.82, 2.24) is 14.8 Å². The second kappa shape index (κ2) is 11.2. The zero-order valence-corrected chi connectivity index (χ0v) is 23.3. The van der Waals surface area contributed by atoms with E-state index in [4.69, 9.17) is 4.74 Å². The Kier molecular flexibility index (Phi) is 8.20. The van der Waals surface area contributed by atoms with Gasteiger partial charge in [-0.3, -0.25) is 4.79 Å². The van der Waals surface area contributed by atoms with Crippen LogP contribution in [0, 0.1) is 0 Å². The highest BCUT2D eigenvalue weighted by molar-refractivity contribution is 7.99. The smallest absolute Gasteiger partial charge is 0.341 e. The summed E-state index contributed by atoms with van der Waals surface area (Å²) in [7, 11) is 3.29. The van der Waals surface area contributed by atoms with Crippen molar-refractivity contribution in [2.24, 2.45) is 7.05 Å². The van der Waals surface area contributed by atoms with Crippen LogP contribution in [0.2, 0.25) is 0 Å². The number of thiophene rings is 1. The second-order valence-corrected chi connectivity index (χ2v) is 12.2. The van der Waals surface area contributed by atoms with E-state index in [1.54, 1.807) is 0 Å². The largest absolute Gasteiger partial charge is 0.465 e. The lowest BCUT2D eigenvalue weighted by Crippen LogP contribution is -2.16. The fourth-order valence-corrected chi connectivity index (χ4v) is 6.43. The summed E-state index contributed by atoms with van der Waals surface area (Å²) in [4.78, 5) is 26.7. The average molecular weight is 527 g/mol. The van der Waals surface area contributed by atoms with Crippen LogP contribution in [0.3, 0.4) is 0 Å². The van der Waals surface area contributed by atoms with Gasteiger partial charge in [-0.1, -0.05) is 69.6 Å². The third-order valence-corrected chi connectivity index (χ3v) is 8.72. The maximum absolute atomic E-state index is 12.9. The number of anilines is 1. The number of rotatable bonds is 6. The maximum atomic E-state index is 12.9. The van der Waals surface area contributed by atoms with Crippen molar-refractivity contribution >= 4 is 40.0 Å². The van der Waals surface area contributed by atoms with Crippen LogP contribution in [0.4, 0.5) is 5.00 Å². The van der Waals surface area contributed by atoms with Gasteiger partial charge in [-0.15, -0.1) is 21.5 Å². The number of nitrogens with zero attached hydrogens (tertiary/aromatic N) is 3. The van der Waals surface area contributed by atoms with Crippen molar-refractivity contribution in [2.45, 2.75) is 69.9 Å². The van der Waals surface area contributed by atoms with Crippen molar-refractivity contribution in [2.75, 3.05) is 18.2 Å². The van der Waals surface area contributed by atoms with Gasteiger partial charge in [0.1, 0.15) is 5.00 Å². The molecule has 1 N–H and O–H groups in total. The normalized spacial score (nSPS) is 14.0. The molecule has 7 nitrogen and oxygen atoms in total. The minimum Gasteiger partial charge on any atom is -0.465 e. The molecule has 0 radical (unpaired) electrons. The lowest BCUT2D eigenvalue weighted by molar-refractivity contribution is -0.113. The molecule has 0 bridgehead atoms. The Labute approximate surface area is 221 Å². The number of nitrogens with one attached hydrogen (secondary N) is 1. The zero-order chi connectivity index (χ0) is 25.9. The topological polar surface area (TPSA) is 86.1 Å². The molecule has 3 aromatic rings. The van der Waals surface area contributed by atoms with E-state index in [2.05, 4.69) is 60.6 Å². The number of hydrogen-bond donors (Lipinski definition) is 1. The Morgan fingerprint density at radius 2 is 1.78 bits per heavy atom. The number of methoxy groups -OCH3 is 1. The van der Waals surface area contributed by atoms with Gasteiger partial charge in [0.2, 0.25) is 5.91 Å². The van der Waals surface area contributed by atoms with Crippen LogP contribution in [0.25, 0.3) is 11.4 Å². The monoisotopic (exact) mass is 526 g/mol. The first-order valence-corrected chi connectivity index (χ1v) is 14.1. The summed E-state index contributed by atoms with van der Waals surface area (Å²) in [6.45, 7) is 6.56. The van der Waals surface area contributed by atoms with Gasteiger partial charge < -0.3 is 14.6 Å². The molecule has 0 aliphatic heterocycles. The molecule has 0 fully saturated rings. The minimum atomic E-state index is -0.383. The van der Waals surface area contributed by atoms with E-state index >= 15 is 0 Å². The highest BCUT2D eigenvalue weighted by Crippen LogP contribution is 2.37. The number of hydrogen-bond acceptors (Lipinski definition) is 7. The van der Waals surface area contributed by atoms with Gasteiger partial charge in [0.15, 0.2) is 11.0 Å². The molecule has 0 unspecified atom stereocenters. The van der Waals surface area contributed by atoms with Crippen molar-refractivity contribution in [3.63, 3.8) is 0 Å². The number of aromatic nitrogens is 3. The molecule has 2 aromatic heterocycles. The van der Waals surface area contributed by atoms with Crippen LogP contribution < -0.4 is 5.32 Å². The SMILES string of the molecule is COC(=O)c1c(NC(=O)CSc2nnc(-c3ccc(C(C)(C)C)cc3)n2C)sc2c1CCCCCC2. The summed E-state index contributed by atoms with van der Waals surface area (Å²) in [5.41, 5.74) is 3.89. The number of carbonyl (C=O) groups excluding carboxylic acids is 2. The molecule has 192 valence electrons. The van der Waals surface area contributed by atoms with E-state index in [1.165, 1.54) is 47.1 Å². The third kappa shape index (κ3) is 5.83. The molecule has 4 rings (SSSR count). The number of thioether (sulfide) groups is 1. The van der Waals surface area contributed by atoms with Gasteiger partial charge in [-0.05, 0) is 42.2 Å². The van der Waals surface area contributed by atoms with Gasteiger partial charge >= 0.3 is 5.97 Å². The lowest BCUT2D eigenvalue weighted by Gasteiger charge is -2.19. The highest BCUT2D eigenvalue weighted by atomic mass is 32.2. The van der Waals surface area contributed by atoms with Crippen molar-refractivity contribution in [1.29, 1.82) is 0 Å². The Hall–Kier alpha value is -2.65. The molecule has 1 aliphatic carbocycles. The van der Waals surface area contributed by atoms with E-state index in [-0.39, 0.29) is 23.0 Å². The molecule has 0 spiro atoms. The Bertz CT molecular complexity index is 1240. The molecule has 0 atom stereocenters. The molecule has 1 aromatic carbocycles. The fourth-order valence-electron chi connectivity index (χ4n) is 4.43. The first-order chi connectivity index (χ1) is 17.2. The number of aryl methyl sites for hydroxylation is 1.